The second-order valence-electron chi connectivity index (χ2n) is 5.41. The number of urea groups is 1. The highest BCUT2D eigenvalue weighted by atomic mass is 16.2. The van der Waals surface area contributed by atoms with Crippen LogP contribution in [-0.2, 0) is 4.79 Å². The van der Waals surface area contributed by atoms with Crippen molar-refractivity contribution in [3.63, 3.8) is 0 Å². The largest absolute Gasteiger partial charge is 0.342 e. The van der Waals surface area contributed by atoms with E-state index in [1.165, 1.54) is 0 Å². The number of carbonyl (C=O) groups is 2. The Morgan fingerprint density at radius 3 is 2.63 bits per heavy atom. The zero-order valence-corrected chi connectivity index (χ0v) is 11.6. The Morgan fingerprint density at radius 2 is 2.11 bits per heavy atom. The topological polar surface area (TPSA) is 78.7 Å². The average molecular weight is 268 g/mol. The third-order valence-electron chi connectivity index (χ3n) is 4.11. The van der Waals surface area contributed by atoms with E-state index in [4.69, 9.17) is 5.73 Å². The number of nitrogens with one attached hydrogen (secondary N) is 1. The Morgan fingerprint density at radius 1 is 1.42 bits per heavy atom. The molecule has 3 amide bonds. The third kappa shape index (κ3) is 3.37. The molecule has 1 atom stereocenters. The van der Waals surface area contributed by atoms with Gasteiger partial charge in [-0.25, -0.2) is 4.79 Å². The Hall–Kier alpha value is -1.30. The van der Waals surface area contributed by atoms with Crippen LogP contribution in [0.5, 0.6) is 0 Å². The standard InChI is InChI=1S/C13H24N4O2/c1-2-10(14)9-12(18)16-6-3-11(4-7-16)17-8-5-15-13(17)19/h10-11H,2-9,14H2,1H3,(H,15,19). The highest BCUT2D eigenvalue weighted by molar-refractivity contribution is 5.77. The molecule has 0 aromatic heterocycles. The van der Waals surface area contributed by atoms with Crippen LogP contribution in [0.15, 0.2) is 0 Å². The zero-order chi connectivity index (χ0) is 13.8. The monoisotopic (exact) mass is 268 g/mol. The molecule has 0 radical (unpaired) electrons. The van der Waals surface area contributed by atoms with E-state index in [0.717, 1.165) is 45.4 Å². The summed E-state index contributed by atoms with van der Waals surface area (Å²) in [7, 11) is 0. The number of piperidine rings is 1. The summed E-state index contributed by atoms with van der Waals surface area (Å²) in [4.78, 5) is 27.4. The predicted octanol–water partition coefficient (Wildman–Crippen LogP) is 0.130. The van der Waals surface area contributed by atoms with E-state index in [2.05, 4.69) is 5.32 Å². The predicted molar refractivity (Wildman–Crippen MR) is 72.6 cm³/mol. The smallest absolute Gasteiger partial charge is 0.317 e. The fourth-order valence-corrected chi connectivity index (χ4v) is 2.76. The maximum Gasteiger partial charge on any atom is 0.317 e. The van der Waals surface area contributed by atoms with Crippen LogP contribution in [0.25, 0.3) is 0 Å². The van der Waals surface area contributed by atoms with Gasteiger partial charge in [0.1, 0.15) is 0 Å². The van der Waals surface area contributed by atoms with E-state index in [0.29, 0.717) is 6.42 Å². The van der Waals surface area contributed by atoms with Gasteiger partial charge in [0.05, 0.1) is 0 Å². The fourth-order valence-electron chi connectivity index (χ4n) is 2.76. The van der Waals surface area contributed by atoms with Gasteiger partial charge in [-0.2, -0.15) is 0 Å². The average Bonchev–Trinajstić information content (AvgIpc) is 2.85. The summed E-state index contributed by atoms with van der Waals surface area (Å²) in [5, 5.41) is 2.82. The highest BCUT2D eigenvalue weighted by Crippen LogP contribution is 2.19. The van der Waals surface area contributed by atoms with Crippen molar-refractivity contribution in [2.45, 2.75) is 44.7 Å². The molecule has 2 rings (SSSR count). The summed E-state index contributed by atoms with van der Waals surface area (Å²) in [5.74, 6) is 0.152. The Balaban J connectivity index is 1.79. The molecule has 0 aromatic rings. The molecule has 1 unspecified atom stereocenters. The maximum atomic E-state index is 12.0. The summed E-state index contributed by atoms with van der Waals surface area (Å²) in [6, 6.07) is 0.291. The Kier molecular flexibility index (Phi) is 4.63. The van der Waals surface area contributed by atoms with Crippen LogP contribution < -0.4 is 11.1 Å². The van der Waals surface area contributed by atoms with Crippen LogP contribution in [0.4, 0.5) is 4.79 Å². The molecule has 3 N–H and O–H groups in total. The third-order valence-corrected chi connectivity index (χ3v) is 4.11. The number of amides is 3. The Bertz CT molecular complexity index is 340. The molecule has 2 fully saturated rings. The first-order chi connectivity index (χ1) is 9.11. The molecule has 19 heavy (non-hydrogen) atoms. The summed E-state index contributed by atoms with van der Waals surface area (Å²) in [5.41, 5.74) is 5.82. The van der Waals surface area contributed by atoms with Crippen molar-refractivity contribution < 1.29 is 9.59 Å². The van der Waals surface area contributed by atoms with Gasteiger partial charge in [-0.05, 0) is 19.3 Å². The maximum absolute atomic E-state index is 12.0. The van der Waals surface area contributed by atoms with Gasteiger partial charge in [0.15, 0.2) is 0 Å². The molecule has 0 aromatic carbocycles. The molecule has 2 aliphatic rings. The lowest BCUT2D eigenvalue weighted by Crippen LogP contribution is -2.48. The first kappa shape index (κ1) is 14.1. The molecule has 0 spiro atoms. The molecule has 6 nitrogen and oxygen atoms in total. The first-order valence-electron chi connectivity index (χ1n) is 7.19. The van der Waals surface area contributed by atoms with Crippen molar-refractivity contribution in [2.24, 2.45) is 5.73 Å². The van der Waals surface area contributed by atoms with Crippen LogP contribution in [0.3, 0.4) is 0 Å². The van der Waals surface area contributed by atoms with Gasteiger partial charge >= 0.3 is 6.03 Å². The number of hydrogen-bond acceptors (Lipinski definition) is 3. The molecular weight excluding hydrogens is 244 g/mol. The summed E-state index contributed by atoms with van der Waals surface area (Å²) >= 11 is 0. The van der Waals surface area contributed by atoms with Crippen molar-refractivity contribution in [2.75, 3.05) is 26.2 Å². The number of nitrogens with two attached hydrogens (primary N) is 1. The fraction of sp³-hybridized carbons (Fsp3) is 0.846. The molecular formula is C13H24N4O2. The number of carbonyl (C=O) groups excluding carboxylic acids is 2. The molecule has 2 aliphatic heterocycles. The molecule has 6 heteroatoms. The molecule has 0 bridgehead atoms. The molecule has 0 saturated carbocycles. The molecule has 2 saturated heterocycles. The molecule has 108 valence electrons. The van der Waals surface area contributed by atoms with E-state index in [9.17, 15) is 9.59 Å². The lowest BCUT2D eigenvalue weighted by Gasteiger charge is -2.36. The van der Waals surface area contributed by atoms with Crippen LogP contribution in [-0.4, -0.2) is 60.0 Å². The minimum Gasteiger partial charge on any atom is -0.342 e. The minimum absolute atomic E-state index is 0.0328. The zero-order valence-electron chi connectivity index (χ0n) is 11.6. The summed E-state index contributed by atoms with van der Waals surface area (Å²) < 4.78 is 0. The first-order valence-corrected chi connectivity index (χ1v) is 7.19. The lowest BCUT2D eigenvalue weighted by atomic mass is 10.0. The van der Waals surface area contributed by atoms with E-state index >= 15 is 0 Å². The lowest BCUT2D eigenvalue weighted by molar-refractivity contribution is -0.132. The van der Waals surface area contributed by atoms with Gasteiger partial charge in [0.25, 0.3) is 0 Å². The van der Waals surface area contributed by atoms with E-state index in [1.807, 2.05) is 16.7 Å². The molecule has 0 aliphatic carbocycles. The number of likely N-dealkylation sites (tertiary alicyclic amines) is 1. The SMILES string of the molecule is CCC(N)CC(=O)N1CCC(N2CCNC2=O)CC1. The highest BCUT2D eigenvalue weighted by Gasteiger charge is 2.31. The van der Waals surface area contributed by atoms with Crippen LogP contribution in [0.2, 0.25) is 0 Å². The van der Waals surface area contributed by atoms with Gasteiger partial charge in [-0.1, -0.05) is 6.92 Å². The van der Waals surface area contributed by atoms with Gasteiger partial charge < -0.3 is 20.9 Å². The second kappa shape index (κ2) is 6.23. The second-order valence-corrected chi connectivity index (χ2v) is 5.41. The van der Waals surface area contributed by atoms with Gasteiger partial charge in [-0.15, -0.1) is 0 Å². The van der Waals surface area contributed by atoms with Crippen molar-refractivity contribution in [1.29, 1.82) is 0 Å². The van der Waals surface area contributed by atoms with Crippen molar-refractivity contribution in [3.8, 4) is 0 Å². The van der Waals surface area contributed by atoms with E-state index in [-0.39, 0.29) is 24.0 Å². The van der Waals surface area contributed by atoms with Crippen LogP contribution in [0, 0.1) is 0 Å². The minimum atomic E-state index is -0.0328. The normalized spacial score (nSPS) is 22.5. The van der Waals surface area contributed by atoms with Gasteiger partial charge in [0, 0.05) is 44.7 Å². The van der Waals surface area contributed by atoms with Crippen LogP contribution in [0.1, 0.15) is 32.6 Å². The Labute approximate surface area is 114 Å². The number of hydrogen-bond donors (Lipinski definition) is 2. The van der Waals surface area contributed by atoms with E-state index < -0.39 is 0 Å². The molecule has 2 heterocycles. The number of nitrogens with zero attached hydrogens (tertiary/aromatic N) is 2. The quantitative estimate of drug-likeness (QED) is 0.760. The van der Waals surface area contributed by atoms with Gasteiger partial charge in [-0.3, -0.25) is 4.79 Å². The van der Waals surface area contributed by atoms with E-state index in [1.54, 1.807) is 0 Å². The number of rotatable bonds is 4. The van der Waals surface area contributed by atoms with Crippen molar-refractivity contribution >= 4 is 11.9 Å². The van der Waals surface area contributed by atoms with Gasteiger partial charge in [0.2, 0.25) is 5.91 Å². The summed E-state index contributed by atoms with van der Waals surface area (Å²) in [6.07, 6.45) is 3.02. The van der Waals surface area contributed by atoms with Crippen molar-refractivity contribution in [3.05, 3.63) is 0 Å². The summed E-state index contributed by atoms with van der Waals surface area (Å²) in [6.45, 7) is 5.01. The van der Waals surface area contributed by atoms with Crippen LogP contribution >= 0.6 is 0 Å². The van der Waals surface area contributed by atoms with Crippen molar-refractivity contribution in [1.82, 2.24) is 15.1 Å².